The van der Waals surface area contributed by atoms with Gasteiger partial charge in [-0.2, -0.15) is 0 Å². The number of H-pyrrole nitrogens is 1. The van der Waals surface area contributed by atoms with Crippen LogP contribution in [0.5, 0.6) is 11.5 Å². The monoisotopic (exact) mass is 317 g/mol. The highest BCUT2D eigenvalue weighted by Crippen LogP contribution is 2.32. The first-order valence-corrected chi connectivity index (χ1v) is 7.40. The SMILES string of the molecule is Cc1[nH]c(C(=O)OCc2ccc3c(c2)OCO3)c(C)c1[C@H](C)O. The van der Waals surface area contributed by atoms with Gasteiger partial charge in [0, 0.05) is 11.3 Å². The van der Waals surface area contributed by atoms with E-state index in [1.165, 1.54) is 0 Å². The van der Waals surface area contributed by atoms with Crippen LogP contribution in [-0.4, -0.2) is 22.9 Å². The van der Waals surface area contributed by atoms with Crippen molar-refractivity contribution in [1.29, 1.82) is 0 Å². The molecule has 0 saturated heterocycles. The number of aliphatic hydroxyl groups excluding tert-OH is 1. The van der Waals surface area contributed by atoms with Crippen molar-refractivity contribution in [3.63, 3.8) is 0 Å². The quantitative estimate of drug-likeness (QED) is 0.848. The molecule has 2 aromatic rings. The summed E-state index contributed by atoms with van der Waals surface area (Å²) in [6, 6.07) is 5.42. The molecule has 0 bridgehead atoms. The van der Waals surface area contributed by atoms with Gasteiger partial charge < -0.3 is 24.3 Å². The molecule has 1 aromatic heterocycles. The summed E-state index contributed by atoms with van der Waals surface area (Å²) in [5, 5.41) is 9.78. The molecule has 1 atom stereocenters. The van der Waals surface area contributed by atoms with Crippen molar-refractivity contribution in [2.75, 3.05) is 6.79 Å². The van der Waals surface area contributed by atoms with Gasteiger partial charge >= 0.3 is 5.97 Å². The highest BCUT2D eigenvalue weighted by Gasteiger charge is 2.21. The van der Waals surface area contributed by atoms with E-state index in [0.717, 1.165) is 16.8 Å². The van der Waals surface area contributed by atoms with Crippen LogP contribution in [0.4, 0.5) is 0 Å². The first kappa shape index (κ1) is 15.4. The van der Waals surface area contributed by atoms with Crippen LogP contribution in [0.3, 0.4) is 0 Å². The van der Waals surface area contributed by atoms with Crippen LogP contribution in [0.15, 0.2) is 18.2 Å². The third-order valence-electron chi connectivity index (χ3n) is 3.92. The number of benzene rings is 1. The topological polar surface area (TPSA) is 80.8 Å². The molecule has 0 saturated carbocycles. The lowest BCUT2D eigenvalue weighted by atomic mass is 10.1. The number of nitrogens with one attached hydrogen (secondary N) is 1. The summed E-state index contributed by atoms with van der Waals surface area (Å²) in [7, 11) is 0. The summed E-state index contributed by atoms with van der Waals surface area (Å²) in [5.74, 6) is 0.898. The molecule has 1 aliphatic heterocycles. The molecule has 0 spiro atoms. The molecule has 1 aliphatic rings. The lowest BCUT2D eigenvalue weighted by Gasteiger charge is -2.07. The Hall–Kier alpha value is -2.47. The first-order valence-electron chi connectivity index (χ1n) is 7.40. The fourth-order valence-corrected chi connectivity index (χ4v) is 2.85. The molecule has 0 amide bonds. The number of fused-ring (bicyclic) bond motifs is 1. The molecule has 1 aromatic carbocycles. The Balaban J connectivity index is 1.71. The Morgan fingerprint density at radius 3 is 2.78 bits per heavy atom. The maximum Gasteiger partial charge on any atom is 0.355 e. The number of hydrogen-bond donors (Lipinski definition) is 2. The van der Waals surface area contributed by atoms with E-state index in [1.807, 2.05) is 13.0 Å². The fraction of sp³-hybridized carbons (Fsp3) is 0.353. The Bertz CT molecular complexity index is 748. The van der Waals surface area contributed by atoms with E-state index >= 15 is 0 Å². The number of ether oxygens (including phenoxy) is 3. The predicted molar refractivity (Wildman–Crippen MR) is 82.6 cm³/mol. The molecule has 122 valence electrons. The van der Waals surface area contributed by atoms with Crippen LogP contribution in [0.1, 0.15) is 45.9 Å². The van der Waals surface area contributed by atoms with Crippen molar-refractivity contribution < 1.29 is 24.1 Å². The molecule has 6 nitrogen and oxygen atoms in total. The second-order valence-corrected chi connectivity index (χ2v) is 5.60. The Labute approximate surface area is 134 Å². The Kier molecular flexibility index (Phi) is 4.00. The smallest absolute Gasteiger partial charge is 0.355 e. The van der Waals surface area contributed by atoms with Gasteiger partial charge in [-0.1, -0.05) is 6.07 Å². The van der Waals surface area contributed by atoms with Gasteiger partial charge in [0.25, 0.3) is 0 Å². The maximum atomic E-state index is 12.3. The summed E-state index contributed by atoms with van der Waals surface area (Å²) in [4.78, 5) is 15.3. The molecule has 6 heteroatoms. The number of carbonyl (C=O) groups is 1. The highest BCUT2D eigenvalue weighted by atomic mass is 16.7. The van der Waals surface area contributed by atoms with E-state index in [2.05, 4.69) is 4.98 Å². The number of carbonyl (C=O) groups excluding carboxylic acids is 1. The summed E-state index contributed by atoms with van der Waals surface area (Å²) in [6.45, 7) is 5.63. The predicted octanol–water partition coefficient (Wildman–Crippen LogP) is 2.77. The average Bonchev–Trinajstić information content (AvgIpc) is 3.08. The Morgan fingerprint density at radius 2 is 2.09 bits per heavy atom. The number of aromatic nitrogens is 1. The van der Waals surface area contributed by atoms with Crippen molar-refractivity contribution in [2.24, 2.45) is 0 Å². The molecule has 0 unspecified atom stereocenters. The molecule has 0 aliphatic carbocycles. The van der Waals surface area contributed by atoms with E-state index in [-0.39, 0.29) is 13.4 Å². The zero-order valence-electron chi connectivity index (χ0n) is 13.3. The highest BCUT2D eigenvalue weighted by molar-refractivity contribution is 5.89. The van der Waals surface area contributed by atoms with Crippen molar-refractivity contribution in [3.8, 4) is 11.5 Å². The zero-order valence-corrected chi connectivity index (χ0v) is 13.3. The van der Waals surface area contributed by atoms with E-state index in [0.29, 0.717) is 22.8 Å². The lowest BCUT2D eigenvalue weighted by Crippen LogP contribution is -2.07. The molecule has 23 heavy (non-hydrogen) atoms. The first-order chi connectivity index (χ1) is 11.0. The average molecular weight is 317 g/mol. The normalized spacial score (nSPS) is 13.9. The minimum absolute atomic E-state index is 0.136. The number of aryl methyl sites for hydroxylation is 1. The number of rotatable bonds is 4. The Morgan fingerprint density at radius 1 is 1.35 bits per heavy atom. The van der Waals surface area contributed by atoms with Crippen molar-refractivity contribution >= 4 is 5.97 Å². The van der Waals surface area contributed by atoms with E-state index < -0.39 is 12.1 Å². The van der Waals surface area contributed by atoms with Gasteiger partial charge in [0.2, 0.25) is 6.79 Å². The van der Waals surface area contributed by atoms with E-state index in [4.69, 9.17) is 14.2 Å². The third kappa shape index (κ3) is 2.90. The largest absolute Gasteiger partial charge is 0.456 e. The van der Waals surface area contributed by atoms with Crippen LogP contribution in [-0.2, 0) is 11.3 Å². The third-order valence-corrected chi connectivity index (χ3v) is 3.92. The van der Waals surface area contributed by atoms with Crippen LogP contribution in [0, 0.1) is 13.8 Å². The van der Waals surface area contributed by atoms with Gasteiger partial charge in [-0.3, -0.25) is 0 Å². The summed E-state index contributed by atoms with van der Waals surface area (Å²) >= 11 is 0. The van der Waals surface area contributed by atoms with Crippen LogP contribution in [0.25, 0.3) is 0 Å². The fourth-order valence-electron chi connectivity index (χ4n) is 2.85. The summed E-state index contributed by atoms with van der Waals surface area (Å²) < 4.78 is 15.9. The molecule has 2 N–H and O–H groups in total. The van der Waals surface area contributed by atoms with Gasteiger partial charge in [-0.25, -0.2) is 4.79 Å². The second-order valence-electron chi connectivity index (χ2n) is 5.60. The number of aromatic amines is 1. The molecule has 0 fully saturated rings. The second kappa shape index (κ2) is 5.96. The summed E-state index contributed by atoms with van der Waals surface area (Å²) in [5.41, 5.74) is 3.42. The minimum Gasteiger partial charge on any atom is -0.456 e. The standard InChI is InChI=1S/C17H19NO5/c1-9-15(11(3)19)10(2)18-16(9)17(20)21-7-12-4-5-13-14(6-12)23-8-22-13/h4-6,11,18-19H,7-8H2,1-3H3/t11-/m0/s1. The minimum atomic E-state index is -0.637. The van der Waals surface area contributed by atoms with Crippen molar-refractivity contribution in [1.82, 2.24) is 4.98 Å². The number of esters is 1. The van der Waals surface area contributed by atoms with E-state index in [1.54, 1.807) is 26.0 Å². The van der Waals surface area contributed by atoms with Crippen LogP contribution in [0.2, 0.25) is 0 Å². The van der Waals surface area contributed by atoms with Gasteiger partial charge in [-0.15, -0.1) is 0 Å². The molecular formula is C17H19NO5. The van der Waals surface area contributed by atoms with Crippen molar-refractivity contribution in [3.05, 3.63) is 46.3 Å². The molecule has 0 radical (unpaired) electrons. The van der Waals surface area contributed by atoms with Gasteiger partial charge in [-0.05, 0) is 44.0 Å². The maximum absolute atomic E-state index is 12.3. The van der Waals surface area contributed by atoms with Crippen LogP contribution < -0.4 is 9.47 Å². The van der Waals surface area contributed by atoms with Gasteiger partial charge in [0.15, 0.2) is 11.5 Å². The number of aliphatic hydroxyl groups is 1. The lowest BCUT2D eigenvalue weighted by molar-refractivity contribution is 0.0465. The summed E-state index contributed by atoms with van der Waals surface area (Å²) in [6.07, 6.45) is -0.637. The molecular weight excluding hydrogens is 298 g/mol. The van der Waals surface area contributed by atoms with E-state index in [9.17, 15) is 9.90 Å². The van der Waals surface area contributed by atoms with Gasteiger partial charge in [0.1, 0.15) is 12.3 Å². The number of hydrogen-bond acceptors (Lipinski definition) is 5. The van der Waals surface area contributed by atoms with Crippen LogP contribution >= 0.6 is 0 Å². The van der Waals surface area contributed by atoms with Gasteiger partial charge in [0.05, 0.1) is 6.10 Å². The zero-order chi connectivity index (χ0) is 16.6. The molecule has 2 heterocycles. The molecule has 3 rings (SSSR count). The van der Waals surface area contributed by atoms with Crippen molar-refractivity contribution in [2.45, 2.75) is 33.5 Å².